The second-order valence-corrected chi connectivity index (χ2v) is 6.47. The lowest BCUT2D eigenvalue weighted by molar-refractivity contribution is 0.0128. The van der Waals surface area contributed by atoms with E-state index in [-0.39, 0.29) is 17.8 Å². The molecule has 4 heteroatoms. The third-order valence-electron chi connectivity index (χ3n) is 4.14. The van der Waals surface area contributed by atoms with Gasteiger partial charge < -0.3 is 10.1 Å². The molecule has 0 aromatic heterocycles. The summed E-state index contributed by atoms with van der Waals surface area (Å²) in [5, 5.41) is 3.33. The smallest absolute Gasteiger partial charge is 0.172 e. The number of Topliss-reactive ketones (excluding diaryl/α,β-unsaturated/α-hetero) is 1. The number of benzene rings is 2. The largest absolute Gasteiger partial charge is 0.374 e. The van der Waals surface area contributed by atoms with Crippen LogP contribution in [0, 0.1) is 0 Å². The van der Waals surface area contributed by atoms with E-state index in [1.54, 1.807) is 11.8 Å². The number of carbonyl (C=O) groups excluding carboxylic acids is 1. The van der Waals surface area contributed by atoms with E-state index in [1.807, 2.05) is 30.3 Å². The van der Waals surface area contributed by atoms with E-state index >= 15 is 0 Å². The van der Waals surface area contributed by atoms with Crippen molar-refractivity contribution >= 4 is 17.5 Å². The SMILES string of the molecule is CSc1ccc(C(C(=O)c2ccccc2)C2CNCCO2)cc1. The summed E-state index contributed by atoms with van der Waals surface area (Å²) in [4.78, 5) is 14.3. The fourth-order valence-corrected chi connectivity index (χ4v) is 3.34. The molecule has 3 nitrogen and oxygen atoms in total. The average Bonchev–Trinajstić information content (AvgIpc) is 2.64. The summed E-state index contributed by atoms with van der Waals surface area (Å²) >= 11 is 1.70. The Labute approximate surface area is 141 Å². The molecule has 3 rings (SSSR count). The van der Waals surface area contributed by atoms with Crippen molar-refractivity contribution in [1.82, 2.24) is 5.32 Å². The van der Waals surface area contributed by atoms with Crippen molar-refractivity contribution < 1.29 is 9.53 Å². The fourth-order valence-electron chi connectivity index (χ4n) is 2.93. The normalized spacial score (nSPS) is 19.3. The number of morpholine rings is 1. The molecule has 0 saturated carbocycles. The highest BCUT2D eigenvalue weighted by Crippen LogP contribution is 2.29. The molecule has 1 aliphatic heterocycles. The first-order valence-corrected chi connectivity index (χ1v) is 9.07. The van der Waals surface area contributed by atoms with Crippen molar-refractivity contribution in [2.45, 2.75) is 16.9 Å². The van der Waals surface area contributed by atoms with Crippen molar-refractivity contribution in [3.8, 4) is 0 Å². The summed E-state index contributed by atoms with van der Waals surface area (Å²) < 4.78 is 5.91. The molecule has 2 aromatic rings. The van der Waals surface area contributed by atoms with E-state index in [0.29, 0.717) is 13.2 Å². The molecule has 1 aliphatic rings. The average molecular weight is 327 g/mol. The Kier molecular flexibility index (Phi) is 5.49. The van der Waals surface area contributed by atoms with E-state index in [0.717, 1.165) is 17.7 Å². The van der Waals surface area contributed by atoms with E-state index < -0.39 is 0 Å². The number of carbonyl (C=O) groups is 1. The van der Waals surface area contributed by atoms with Gasteiger partial charge in [-0.15, -0.1) is 11.8 Å². The Hall–Kier alpha value is -1.62. The minimum atomic E-state index is -0.277. The minimum absolute atomic E-state index is 0.121. The van der Waals surface area contributed by atoms with Crippen molar-refractivity contribution in [1.29, 1.82) is 0 Å². The van der Waals surface area contributed by atoms with Gasteiger partial charge in [-0.3, -0.25) is 4.79 Å². The van der Waals surface area contributed by atoms with Gasteiger partial charge in [-0.25, -0.2) is 0 Å². The topological polar surface area (TPSA) is 38.3 Å². The molecule has 0 aliphatic carbocycles. The Morgan fingerprint density at radius 3 is 2.52 bits per heavy atom. The van der Waals surface area contributed by atoms with Crippen LogP contribution in [0.4, 0.5) is 0 Å². The summed E-state index contributed by atoms with van der Waals surface area (Å²) in [6, 6.07) is 17.7. The molecule has 1 N–H and O–H groups in total. The van der Waals surface area contributed by atoms with Crippen LogP contribution < -0.4 is 5.32 Å². The first-order chi connectivity index (χ1) is 11.3. The van der Waals surface area contributed by atoms with Crippen LogP contribution in [-0.4, -0.2) is 37.8 Å². The predicted molar refractivity (Wildman–Crippen MR) is 94.3 cm³/mol. The standard InChI is InChI=1S/C19H21NO2S/c1-23-16-9-7-14(8-10-16)18(17-13-20-11-12-22-17)19(21)15-5-3-2-4-6-15/h2-10,17-18,20H,11-13H2,1H3. The molecule has 2 aromatic carbocycles. The molecule has 1 saturated heterocycles. The Balaban J connectivity index is 1.93. The molecule has 2 atom stereocenters. The summed E-state index contributed by atoms with van der Waals surface area (Å²) in [7, 11) is 0. The van der Waals surface area contributed by atoms with Gasteiger partial charge in [0, 0.05) is 23.5 Å². The van der Waals surface area contributed by atoms with Crippen molar-refractivity contribution in [2.24, 2.45) is 0 Å². The van der Waals surface area contributed by atoms with Gasteiger partial charge in [0.1, 0.15) is 0 Å². The third-order valence-corrected chi connectivity index (χ3v) is 4.89. The molecule has 1 heterocycles. The van der Waals surface area contributed by atoms with E-state index in [4.69, 9.17) is 4.74 Å². The maximum absolute atomic E-state index is 13.1. The number of hydrogen-bond acceptors (Lipinski definition) is 4. The quantitative estimate of drug-likeness (QED) is 0.675. The van der Waals surface area contributed by atoms with Gasteiger partial charge in [-0.2, -0.15) is 0 Å². The number of ether oxygens (including phenoxy) is 1. The number of thioether (sulfide) groups is 1. The van der Waals surface area contributed by atoms with Crippen molar-refractivity contribution in [3.05, 3.63) is 65.7 Å². The lowest BCUT2D eigenvalue weighted by atomic mass is 9.85. The number of ketones is 1. The summed E-state index contributed by atoms with van der Waals surface area (Å²) in [5.41, 5.74) is 1.76. The van der Waals surface area contributed by atoms with Crippen LogP contribution in [0.5, 0.6) is 0 Å². The monoisotopic (exact) mass is 327 g/mol. The summed E-state index contributed by atoms with van der Waals surface area (Å²) in [6.45, 7) is 2.19. The number of nitrogens with one attached hydrogen (secondary N) is 1. The second-order valence-electron chi connectivity index (χ2n) is 5.59. The summed E-state index contributed by atoms with van der Waals surface area (Å²) in [5.74, 6) is -0.155. The van der Waals surface area contributed by atoms with Gasteiger partial charge >= 0.3 is 0 Å². The zero-order valence-corrected chi connectivity index (χ0v) is 14.0. The molecule has 0 spiro atoms. The predicted octanol–water partition coefficient (Wildman–Crippen LogP) is 3.36. The molecular weight excluding hydrogens is 306 g/mol. The van der Waals surface area contributed by atoms with Crippen molar-refractivity contribution in [3.63, 3.8) is 0 Å². The molecular formula is C19H21NO2S. The Morgan fingerprint density at radius 1 is 1.17 bits per heavy atom. The zero-order valence-electron chi connectivity index (χ0n) is 13.2. The lowest BCUT2D eigenvalue weighted by Gasteiger charge is -2.30. The van der Waals surface area contributed by atoms with E-state index in [2.05, 4.69) is 35.8 Å². The van der Waals surface area contributed by atoms with Crippen LogP contribution in [0.2, 0.25) is 0 Å². The maximum atomic E-state index is 13.1. The van der Waals surface area contributed by atoms with Gasteiger partial charge in [-0.1, -0.05) is 42.5 Å². The van der Waals surface area contributed by atoms with Gasteiger partial charge in [-0.05, 0) is 24.0 Å². The zero-order chi connectivity index (χ0) is 16.1. The number of rotatable bonds is 5. The Morgan fingerprint density at radius 2 is 1.91 bits per heavy atom. The van der Waals surface area contributed by atoms with Gasteiger partial charge in [0.15, 0.2) is 5.78 Å². The molecule has 1 fully saturated rings. The van der Waals surface area contributed by atoms with Crippen LogP contribution in [0.1, 0.15) is 21.8 Å². The molecule has 23 heavy (non-hydrogen) atoms. The first-order valence-electron chi connectivity index (χ1n) is 7.85. The van der Waals surface area contributed by atoms with Crippen LogP contribution >= 0.6 is 11.8 Å². The van der Waals surface area contributed by atoms with E-state index in [9.17, 15) is 4.79 Å². The molecule has 120 valence electrons. The molecule has 2 unspecified atom stereocenters. The van der Waals surface area contributed by atoms with Crippen molar-refractivity contribution in [2.75, 3.05) is 26.0 Å². The summed E-state index contributed by atoms with van der Waals surface area (Å²) in [6.07, 6.45) is 1.92. The van der Waals surface area contributed by atoms with Crippen LogP contribution in [0.3, 0.4) is 0 Å². The van der Waals surface area contributed by atoms with Gasteiger partial charge in [0.05, 0.1) is 18.6 Å². The minimum Gasteiger partial charge on any atom is -0.374 e. The highest BCUT2D eigenvalue weighted by molar-refractivity contribution is 7.98. The fraction of sp³-hybridized carbons (Fsp3) is 0.316. The van der Waals surface area contributed by atoms with Gasteiger partial charge in [0.25, 0.3) is 0 Å². The third kappa shape index (κ3) is 3.83. The van der Waals surface area contributed by atoms with E-state index in [1.165, 1.54) is 4.90 Å². The first kappa shape index (κ1) is 16.2. The Bertz CT molecular complexity index is 636. The maximum Gasteiger partial charge on any atom is 0.172 e. The molecule has 0 bridgehead atoms. The number of hydrogen-bond donors (Lipinski definition) is 1. The highest BCUT2D eigenvalue weighted by atomic mass is 32.2. The lowest BCUT2D eigenvalue weighted by Crippen LogP contribution is -2.44. The molecule has 0 radical (unpaired) electrons. The molecule has 0 amide bonds. The highest BCUT2D eigenvalue weighted by Gasteiger charge is 2.32. The van der Waals surface area contributed by atoms with Gasteiger partial charge in [0.2, 0.25) is 0 Å². The second kappa shape index (κ2) is 7.77. The van der Waals surface area contributed by atoms with Crippen LogP contribution in [0.25, 0.3) is 0 Å². The van der Waals surface area contributed by atoms with Crippen LogP contribution in [0.15, 0.2) is 59.5 Å². The van der Waals surface area contributed by atoms with Crippen LogP contribution in [-0.2, 0) is 4.74 Å².